The number of carbonyl (C=O) groups is 1. The lowest BCUT2D eigenvalue weighted by molar-refractivity contribution is 0.112. The van der Waals surface area contributed by atoms with Crippen molar-refractivity contribution in [2.75, 3.05) is 20.7 Å². The Labute approximate surface area is 268 Å². The Bertz CT molecular complexity index is 1510. The van der Waals surface area contributed by atoms with Crippen molar-refractivity contribution in [1.29, 1.82) is 0 Å². The summed E-state index contributed by atoms with van der Waals surface area (Å²) in [5.74, 6) is 1.62. The van der Waals surface area contributed by atoms with E-state index in [0.717, 1.165) is 79.2 Å². The zero-order valence-electron chi connectivity index (χ0n) is 26.9. The first-order valence-electron chi connectivity index (χ1n) is 15.5. The molecule has 3 aromatic rings. The minimum absolute atomic E-state index is 0.267. The lowest BCUT2D eigenvalue weighted by atomic mass is 10.1. The van der Waals surface area contributed by atoms with Gasteiger partial charge in [-0.05, 0) is 77.1 Å². The number of hydrogen-bond acceptors (Lipinski definition) is 5. The van der Waals surface area contributed by atoms with Crippen molar-refractivity contribution in [3.63, 3.8) is 0 Å². The average Bonchev–Trinajstić information content (AvgIpc) is 3.57. The quantitative estimate of drug-likeness (QED) is 0.259. The van der Waals surface area contributed by atoms with Gasteiger partial charge in [0.25, 0.3) is 0 Å². The molecule has 0 radical (unpaired) electrons. The monoisotopic (exact) mass is 617 g/mol. The van der Waals surface area contributed by atoms with Crippen LogP contribution in [0.2, 0.25) is 5.02 Å². The fourth-order valence-electron chi connectivity index (χ4n) is 5.64. The van der Waals surface area contributed by atoms with Crippen LogP contribution in [0.1, 0.15) is 61.0 Å². The summed E-state index contributed by atoms with van der Waals surface area (Å²) < 4.78 is 13.4. The summed E-state index contributed by atoms with van der Waals surface area (Å²) in [4.78, 5) is 13.3. The van der Waals surface area contributed by atoms with Crippen molar-refractivity contribution in [2.24, 2.45) is 0 Å². The van der Waals surface area contributed by atoms with Gasteiger partial charge >= 0.3 is 0 Å². The molecule has 1 fully saturated rings. The van der Waals surface area contributed by atoms with E-state index in [1.165, 1.54) is 11.1 Å². The summed E-state index contributed by atoms with van der Waals surface area (Å²) in [5, 5.41) is 5.79. The van der Waals surface area contributed by atoms with Crippen LogP contribution < -0.4 is 20.6 Å². The highest BCUT2D eigenvalue weighted by molar-refractivity contribution is 6.32. The maximum atomic E-state index is 11.0. The number of aromatic nitrogens is 1. The van der Waals surface area contributed by atoms with E-state index in [2.05, 4.69) is 67.9 Å². The molecule has 0 bridgehead atoms. The third-order valence-electron chi connectivity index (χ3n) is 7.82. The highest BCUT2D eigenvalue weighted by atomic mass is 35.5. The first kappa shape index (κ1) is 34.7. The van der Waals surface area contributed by atoms with E-state index in [9.17, 15) is 4.79 Å². The molecule has 236 valence electrons. The molecule has 7 heteroatoms. The van der Waals surface area contributed by atoms with Gasteiger partial charge in [-0.15, -0.1) is 0 Å². The smallest absolute Gasteiger partial charge is 0.152 e. The summed E-state index contributed by atoms with van der Waals surface area (Å²) in [6, 6.07) is 16.7. The van der Waals surface area contributed by atoms with Crippen LogP contribution >= 0.6 is 11.6 Å². The Kier molecular flexibility index (Phi) is 14.3. The molecule has 2 unspecified atom stereocenters. The zero-order chi connectivity index (χ0) is 31.9. The summed E-state index contributed by atoms with van der Waals surface area (Å²) in [6.07, 6.45) is 15.2. The minimum atomic E-state index is 0.267. The Morgan fingerprint density at radius 3 is 2.59 bits per heavy atom. The van der Waals surface area contributed by atoms with Crippen LogP contribution in [0.3, 0.4) is 0 Å². The van der Waals surface area contributed by atoms with Gasteiger partial charge in [0.15, 0.2) is 6.29 Å². The van der Waals surface area contributed by atoms with Gasteiger partial charge in [0.1, 0.15) is 17.6 Å². The Morgan fingerprint density at radius 1 is 1.16 bits per heavy atom. The molecule has 0 amide bonds. The second kappa shape index (κ2) is 18.2. The number of nitrogens with zero attached hydrogens (tertiary/aromatic N) is 2. The molecule has 1 N–H and O–H groups in total. The van der Waals surface area contributed by atoms with Crippen molar-refractivity contribution < 1.29 is 14.3 Å². The summed E-state index contributed by atoms with van der Waals surface area (Å²) >= 11 is 6.10. The predicted octanol–water partition coefficient (Wildman–Crippen LogP) is 6.64. The van der Waals surface area contributed by atoms with Crippen molar-refractivity contribution in [3.05, 3.63) is 112 Å². The number of aryl methyl sites for hydroxylation is 2. The summed E-state index contributed by atoms with van der Waals surface area (Å²) in [6.45, 7) is 13.0. The topological polar surface area (TPSA) is 55.7 Å². The highest BCUT2D eigenvalue weighted by Gasteiger charge is 2.28. The van der Waals surface area contributed by atoms with Gasteiger partial charge in [-0.2, -0.15) is 0 Å². The fourth-order valence-corrected chi connectivity index (χ4v) is 5.82. The van der Waals surface area contributed by atoms with Gasteiger partial charge in [-0.25, -0.2) is 0 Å². The number of ether oxygens (including phenoxy) is 2. The molecule has 2 aliphatic rings. The molecule has 5 rings (SSSR count). The van der Waals surface area contributed by atoms with E-state index in [0.29, 0.717) is 11.1 Å². The normalized spacial score (nSPS) is 16.6. The largest absolute Gasteiger partial charge is 0.495 e. The maximum absolute atomic E-state index is 11.0. The molecule has 1 heterocycles. The predicted molar refractivity (Wildman–Crippen MR) is 183 cm³/mol. The first-order chi connectivity index (χ1) is 21.4. The molecule has 2 aromatic carbocycles. The number of hydrogen-bond donors (Lipinski definition) is 1. The van der Waals surface area contributed by atoms with Gasteiger partial charge in [-0.1, -0.05) is 72.3 Å². The summed E-state index contributed by atoms with van der Waals surface area (Å²) in [5.41, 5.74) is 3.41. The van der Waals surface area contributed by atoms with Gasteiger partial charge in [-0.3, -0.25) is 4.79 Å². The number of methoxy groups -OCH3 is 1. The van der Waals surface area contributed by atoms with Crippen LogP contribution in [0.15, 0.2) is 79.7 Å². The fraction of sp³-hybridized carbons (Fsp3) is 0.378. The SMILES string of the molecule is C=CN(CC)C1CCC(Oc2ccccc2Cl)C1.CCn1cc(C=O)c2c1=C(OC)C=CCC=2.CNCc1cccc(C)c1. The van der Waals surface area contributed by atoms with E-state index < -0.39 is 0 Å². The van der Waals surface area contributed by atoms with Gasteiger partial charge in [0.05, 0.1) is 17.5 Å². The van der Waals surface area contributed by atoms with Crippen molar-refractivity contribution in [3.8, 4) is 5.75 Å². The van der Waals surface area contributed by atoms with Crippen molar-refractivity contribution >= 4 is 29.7 Å². The second-order valence-electron chi connectivity index (χ2n) is 10.8. The number of carbonyl (C=O) groups excluding carboxylic acids is 1. The van der Waals surface area contributed by atoms with Crippen LogP contribution in [-0.4, -0.2) is 48.6 Å². The third-order valence-corrected chi connectivity index (χ3v) is 8.13. The van der Waals surface area contributed by atoms with E-state index in [4.69, 9.17) is 21.1 Å². The van der Waals surface area contributed by atoms with Crippen LogP contribution in [0.5, 0.6) is 5.75 Å². The van der Waals surface area contributed by atoms with Crippen LogP contribution in [-0.2, 0) is 17.8 Å². The Morgan fingerprint density at radius 2 is 1.95 bits per heavy atom. The van der Waals surface area contributed by atoms with Crippen LogP contribution in [0.4, 0.5) is 0 Å². The number of aldehydes is 1. The zero-order valence-corrected chi connectivity index (χ0v) is 27.6. The maximum Gasteiger partial charge on any atom is 0.152 e. The Balaban J connectivity index is 0.000000188. The minimum Gasteiger partial charge on any atom is -0.495 e. The van der Waals surface area contributed by atoms with E-state index in [1.54, 1.807) is 7.11 Å². The molecule has 1 aromatic heterocycles. The molecular formula is C37H48ClN3O3. The van der Waals surface area contributed by atoms with E-state index >= 15 is 0 Å². The molecular weight excluding hydrogens is 570 g/mol. The number of fused-ring (bicyclic) bond motifs is 1. The second-order valence-corrected chi connectivity index (χ2v) is 11.2. The van der Waals surface area contributed by atoms with Crippen LogP contribution in [0.25, 0.3) is 11.8 Å². The molecule has 2 atom stereocenters. The van der Waals surface area contributed by atoms with Gasteiger partial charge in [0.2, 0.25) is 0 Å². The molecule has 44 heavy (non-hydrogen) atoms. The van der Waals surface area contributed by atoms with Crippen LogP contribution in [0, 0.1) is 6.92 Å². The van der Waals surface area contributed by atoms with Gasteiger partial charge < -0.3 is 24.3 Å². The van der Waals surface area contributed by atoms with E-state index in [1.807, 2.05) is 60.4 Å². The van der Waals surface area contributed by atoms with E-state index in [-0.39, 0.29) is 6.10 Å². The third kappa shape index (κ3) is 9.63. The number of rotatable bonds is 10. The highest BCUT2D eigenvalue weighted by Crippen LogP contribution is 2.31. The lowest BCUT2D eigenvalue weighted by Gasteiger charge is -2.25. The number of para-hydroxylation sites is 1. The first-order valence-corrected chi connectivity index (χ1v) is 15.9. The average molecular weight is 618 g/mol. The lowest BCUT2D eigenvalue weighted by Crippen LogP contribution is -2.32. The molecule has 6 nitrogen and oxygen atoms in total. The molecule has 0 saturated heterocycles. The molecule has 1 saturated carbocycles. The molecule has 0 aliphatic heterocycles. The number of halogens is 1. The number of nitrogens with one attached hydrogen (secondary N) is 1. The van der Waals surface area contributed by atoms with Crippen molar-refractivity contribution in [1.82, 2.24) is 14.8 Å². The molecule has 0 spiro atoms. The van der Waals surface area contributed by atoms with Crippen molar-refractivity contribution in [2.45, 2.75) is 71.7 Å². The molecule has 2 aliphatic carbocycles. The summed E-state index contributed by atoms with van der Waals surface area (Å²) in [7, 11) is 3.62. The standard InChI is InChI=1S/C15H20ClNO.C13H15NO2.C9H13N/c1-3-17(4-2)12-9-10-13(11-12)18-15-8-6-5-7-14(15)16;1-3-14-8-10(9-15)11-6-4-5-7-12(16-2)13(11)14;1-8-4-3-5-9(6-8)7-10-2/h3,5-8,12-13H,1,4,9-11H2,2H3;5-9H,3-4H2,1-2H3;3-6,10H,7H2,1-2H3. The Hall–Kier alpha value is -3.74. The van der Waals surface area contributed by atoms with Gasteiger partial charge in [0, 0.05) is 49.1 Å². The number of allylic oxidation sites excluding steroid dienone is 1. The number of benzene rings is 2.